The zero-order chi connectivity index (χ0) is 15.2. The van der Waals surface area contributed by atoms with E-state index in [1.54, 1.807) is 14.2 Å². The van der Waals surface area contributed by atoms with E-state index in [4.69, 9.17) is 14.3 Å². The summed E-state index contributed by atoms with van der Waals surface area (Å²) < 4.78 is 11.3. The molecule has 0 atom stereocenters. The van der Waals surface area contributed by atoms with Gasteiger partial charge in [0.15, 0.2) is 11.5 Å². The number of nitrogens with one attached hydrogen (secondary N) is 1. The van der Waals surface area contributed by atoms with E-state index in [0.29, 0.717) is 31.2 Å². The summed E-state index contributed by atoms with van der Waals surface area (Å²) in [6, 6.07) is 3.43. The summed E-state index contributed by atoms with van der Waals surface area (Å²) in [5, 5.41) is 4.21. The van der Waals surface area contributed by atoms with Gasteiger partial charge in [-0.25, -0.2) is 9.86 Å². The van der Waals surface area contributed by atoms with Crippen LogP contribution in [0.25, 0.3) is 0 Å². The number of methoxy groups -OCH3 is 2. The molecule has 0 aliphatic carbocycles. The number of urea groups is 1. The predicted molar refractivity (Wildman–Crippen MR) is 81.4 cm³/mol. The maximum atomic E-state index is 12.0. The minimum absolute atomic E-state index is 0.226. The van der Waals surface area contributed by atoms with Gasteiger partial charge in [-0.3, -0.25) is 4.84 Å². The molecule has 0 saturated carbocycles. The fourth-order valence-electron chi connectivity index (χ4n) is 2.05. The van der Waals surface area contributed by atoms with Crippen molar-refractivity contribution < 1.29 is 19.1 Å². The van der Waals surface area contributed by atoms with Gasteiger partial charge in [-0.05, 0) is 30.5 Å². The van der Waals surface area contributed by atoms with Crippen LogP contribution in [0.5, 0.6) is 11.5 Å². The molecule has 1 N–H and O–H groups in total. The third-order valence-corrected chi connectivity index (χ3v) is 3.95. The number of hydroxylamine groups is 2. The molecule has 0 aromatic heterocycles. The van der Waals surface area contributed by atoms with Crippen molar-refractivity contribution in [3.8, 4) is 11.5 Å². The standard InChI is InChI=1S/C14H19BrN2O4/c1-19-12-7-10(11(15)8-13(12)20-2)9-16-14(18)17-5-3-4-6-21-17/h7-8H,3-6,9H2,1-2H3,(H,16,18). The van der Waals surface area contributed by atoms with Gasteiger partial charge in [-0.2, -0.15) is 0 Å². The number of halogens is 1. The number of hydrogen-bond donors (Lipinski definition) is 1. The molecule has 1 fully saturated rings. The Morgan fingerprint density at radius 1 is 1.33 bits per heavy atom. The fourth-order valence-corrected chi connectivity index (χ4v) is 2.51. The molecule has 7 heteroatoms. The molecule has 2 rings (SSSR count). The number of nitrogens with zero attached hydrogens (tertiary/aromatic N) is 1. The van der Waals surface area contributed by atoms with Crippen LogP contribution in [0.4, 0.5) is 4.79 Å². The molecule has 1 aliphatic heterocycles. The second-order valence-electron chi connectivity index (χ2n) is 4.60. The molecule has 0 bridgehead atoms. The largest absolute Gasteiger partial charge is 0.493 e. The van der Waals surface area contributed by atoms with E-state index < -0.39 is 0 Å². The van der Waals surface area contributed by atoms with Crippen LogP contribution in [0.3, 0.4) is 0 Å². The number of hydrogen-bond acceptors (Lipinski definition) is 4. The van der Waals surface area contributed by atoms with Crippen LogP contribution in [0.15, 0.2) is 16.6 Å². The highest BCUT2D eigenvalue weighted by molar-refractivity contribution is 9.10. The van der Waals surface area contributed by atoms with Crippen LogP contribution in [-0.2, 0) is 11.4 Å². The molecule has 1 heterocycles. The van der Waals surface area contributed by atoms with Crippen molar-refractivity contribution in [2.24, 2.45) is 0 Å². The zero-order valence-corrected chi connectivity index (χ0v) is 13.7. The van der Waals surface area contributed by atoms with Crippen molar-refractivity contribution in [3.05, 3.63) is 22.2 Å². The van der Waals surface area contributed by atoms with Crippen molar-refractivity contribution >= 4 is 22.0 Å². The van der Waals surface area contributed by atoms with Gasteiger partial charge in [-0.1, -0.05) is 15.9 Å². The van der Waals surface area contributed by atoms with Gasteiger partial charge in [0.25, 0.3) is 0 Å². The monoisotopic (exact) mass is 358 g/mol. The third kappa shape index (κ3) is 4.01. The first-order valence-corrected chi connectivity index (χ1v) is 7.53. The first-order chi connectivity index (χ1) is 10.2. The van der Waals surface area contributed by atoms with Crippen LogP contribution < -0.4 is 14.8 Å². The van der Waals surface area contributed by atoms with Crippen LogP contribution in [0, 0.1) is 0 Å². The molecule has 116 valence electrons. The molecule has 2 amide bonds. The summed E-state index contributed by atoms with van der Waals surface area (Å²) in [5.41, 5.74) is 0.901. The molecular formula is C14H19BrN2O4. The van der Waals surface area contributed by atoms with Gasteiger partial charge >= 0.3 is 6.03 Å². The van der Waals surface area contributed by atoms with Crippen LogP contribution in [0.1, 0.15) is 18.4 Å². The van der Waals surface area contributed by atoms with Crippen molar-refractivity contribution in [1.82, 2.24) is 10.4 Å². The van der Waals surface area contributed by atoms with E-state index in [0.717, 1.165) is 22.9 Å². The molecule has 1 aromatic rings. The van der Waals surface area contributed by atoms with E-state index >= 15 is 0 Å². The summed E-state index contributed by atoms with van der Waals surface area (Å²) >= 11 is 3.47. The number of rotatable bonds is 4. The smallest absolute Gasteiger partial charge is 0.341 e. The predicted octanol–water partition coefficient (Wildman–Crippen LogP) is 2.70. The van der Waals surface area contributed by atoms with Crippen molar-refractivity contribution in [2.75, 3.05) is 27.4 Å². The SMILES string of the molecule is COc1cc(Br)c(CNC(=O)N2CCCCO2)cc1OC. The number of carbonyl (C=O) groups excluding carboxylic acids is 1. The Hall–Kier alpha value is -1.47. The summed E-state index contributed by atoms with van der Waals surface area (Å²) in [7, 11) is 3.16. The Labute approximate surface area is 132 Å². The lowest BCUT2D eigenvalue weighted by Gasteiger charge is -2.26. The van der Waals surface area contributed by atoms with Gasteiger partial charge in [-0.15, -0.1) is 0 Å². The highest BCUT2D eigenvalue weighted by atomic mass is 79.9. The Morgan fingerprint density at radius 3 is 2.67 bits per heavy atom. The number of ether oxygens (including phenoxy) is 2. The molecule has 0 radical (unpaired) electrons. The lowest BCUT2D eigenvalue weighted by atomic mass is 10.2. The summed E-state index contributed by atoms with van der Waals surface area (Å²) in [5.74, 6) is 1.26. The van der Waals surface area contributed by atoms with Gasteiger partial charge in [0.05, 0.1) is 27.4 Å². The summed E-state index contributed by atoms with van der Waals surface area (Å²) in [6.07, 6.45) is 1.96. The Bertz CT molecular complexity index is 504. The van der Waals surface area contributed by atoms with E-state index in [9.17, 15) is 4.79 Å². The van der Waals surface area contributed by atoms with Gasteiger partial charge in [0.2, 0.25) is 0 Å². The maximum absolute atomic E-state index is 12.0. The highest BCUT2D eigenvalue weighted by Crippen LogP contribution is 2.33. The van der Waals surface area contributed by atoms with Gasteiger partial charge in [0, 0.05) is 11.0 Å². The molecule has 1 aliphatic rings. The minimum atomic E-state index is -0.226. The third-order valence-electron chi connectivity index (χ3n) is 3.21. The Balaban J connectivity index is 2.00. The molecular weight excluding hydrogens is 340 g/mol. The van der Waals surface area contributed by atoms with Crippen molar-refractivity contribution in [2.45, 2.75) is 19.4 Å². The lowest BCUT2D eigenvalue weighted by molar-refractivity contribution is -0.139. The number of carbonyl (C=O) groups is 1. The molecule has 21 heavy (non-hydrogen) atoms. The fraction of sp³-hybridized carbons (Fsp3) is 0.500. The van der Waals surface area contributed by atoms with E-state index in [1.165, 1.54) is 5.06 Å². The summed E-state index contributed by atoms with van der Waals surface area (Å²) in [6.45, 7) is 1.59. The van der Waals surface area contributed by atoms with Crippen LogP contribution >= 0.6 is 15.9 Å². The lowest BCUT2D eigenvalue weighted by Crippen LogP contribution is -2.42. The first-order valence-electron chi connectivity index (χ1n) is 6.74. The highest BCUT2D eigenvalue weighted by Gasteiger charge is 2.18. The average Bonchev–Trinajstić information content (AvgIpc) is 2.53. The van der Waals surface area contributed by atoms with Crippen molar-refractivity contribution in [3.63, 3.8) is 0 Å². The maximum Gasteiger partial charge on any atom is 0.341 e. The topological polar surface area (TPSA) is 60.0 Å². The van der Waals surface area contributed by atoms with Crippen LogP contribution in [0.2, 0.25) is 0 Å². The number of benzene rings is 1. The van der Waals surface area contributed by atoms with E-state index in [2.05, 4.69) is 21.2 Å². The van der Waals surface area contributed by atoms with Gasteiger partial charge < -0.3 is 14.8 Å². The molecule has 1 aromatic carbocycles. The van der Waals surface area contributed by atoms with E-state index in [1.807, 2.05) is 12.1 Å². The Morgan fingerprint density at radius 2 is 2.05 bits per heavy atom. The second-order valence-corrected chi connectivity index (χ2v) is 5.45. The molecule has 6 nitrogen and oxygen atoms in total. The number of amides is 2. The quantitative estimate of drug-likeness (QED) is 0.898. The molecule has 0 unspecified atom stereocenters. The normalized spacial score (nSPS) is 14.7. The second kappa shape index (κ2) is 7.51. The first kappa shape index (κ1) is 15.9. The van der Waals surface area contributed by atoms with Crippen LogP contribution in [-0.4, -0.2) is 38.5 Å². The minimum Gasteiger partial charge on any atom is -0.493 e. The summed E-state index contributed by atoms with van der Waals surface area (Å²) in [4.78, 5) is 17.3. The Kier molecular flexibility index (Phi) is 5.69. The average molecular weight is 359 g/mol. The zero-order valence-electron chi connectivity index (χ0n) is 12.1. The molecule has 0 spiro atoms. The van der Waals surface area contributed by atoms with Crippen molar-refractivity contribution in [1.29, 1.82) is 0 Å². The van der Waals surface area contributed by atoms with E-state index in [-0.39, 0.29) is 6.03 Å². The molecule has 1 saturated heterocycles. The van der Waals surface area contributed by atoms with Gasteiger partial charge in [0.1, 0.15) is 0 Å².